The van der Waals surface area contributed by atoms with Gasteiger partial charge in [-0.1, -0.05) is 36.4 Å². The van der Waals surface area contributed by atoms with Crippen molar-refractivity contribution in [2.75, 3.05) is 18.6 Å². The van der Waals surface area contributed by atoms with Gasteiger partial charge < -0.3 is 4.74 Å². The maximum Gasteiger partial charge on any atom is 0.251 e. The van der Waals surface area contributed by atoms with Gasteiger partial charge in [-0.15, -0.1) is 0 Å². The van der Waals surface area contributed by atoms with Gasteiger partial charge in [0.1, 0.15) is 5.75 Å². The average molecular weight is 336 g/mol. The Morgan fingerprint density at radius 1 is 1.00 bits per heavy atom. The first-order chi connectivity index (χ1) is 12.2. The third-order valence-corrected chi connectivity index (χ3v) is 5.05. The number of imide groups is 1. The zero-order valence-corrected chi connectivity index (χ0v) is 14.1. The number of carbonyl (C=O) groups excluding carboxylic acids is 2. The molecular formula is C20H20N2O3. The highest BCUT2D eigenvalue weighted by molar-refractivity contribution is 6.23. The van der Waals surface area contributed by atoms with Crippen LogP contribution in [0.1, 0.15) is 17.5 Å². The summed E-state index contributed by atoms with van der Waals surface area (Å²) in [4.78, 5) is 29.0. The Bertz CT molecular complexity index is 833. The smallest absolute Gasteiger partial charge is 0.251 e. The fraction of sp³-hybridized carbons (Fsp3) is 0.300. The molecular weight excluding hydrogens is 316 g/mol. The Morgan fingerprint density at radius 2 is 1.72 bits per heavy atom. The van der Waals surface area contributed by atoms with E-state index in [0.29, 0.717) is 18.0 Å². The summed E-state index contributed by atoms with van der Waals surface area (Å²) in [6, 6.07) is 15.0. The first-order valence-corrected chi connectivity index (χ1v) is 8.49. The Hall–Kier alpha value is -2.66. The molecule has 0 saturated carbocycles. The lowest BCUT2D eigenvalue weighted by molar-refractivity contribution is -0.123. The molecule has 25 heavy (non-hydrogen) atoms. The second-order valence-corrected chi connectivity index (χ2v) is 6.45. The Labute approximate surface area is 146 Å². The van der Waals surface area contributed by atoms with Gasteiger partial charge in [-0.25, -0.2) is 4.90 Å². The average Bonchev–Trinajstić information content (AvgIpc) is 2.95. The fourth-order valence-corrected chi connectivity index (χ4v) is 3.75. The van der Waals surface area contributed by atoms with Crippen LogP contribution in [0, 0.1) is 0 Å². The lowest BCUT2D eigenvalue weighted by atomic mass is 9.98. The van der Waals surface area contributed by atoms with Gasteiger partial charge in [0.05, 0.1) is 25.3 Å². The summed E-state index contributed by atoms with van der Waals surface area (Å²) in [5.41, 5.74) is 3.10. The summed E-state index contributed by atoms with van der Waals surface area (Å²) in [7, 11) is 1.54. The molecule has 4 rings (SSSR count). The molecule has 0 unspecified atom stereocenters. The Morgan fingerprint density at radius 3 is 2.52 bits per heavy atom. The van der Waals surface area contributed by atoms with Gasteiger partial charge in [-0.05, 0) is 29.7 Å². The Balaban J connectivity index is 1.60. The highest BCUT2D eigenvalue weighted by Gasteiger charge is 2.44. The molecule has 2 aliphatic rings. The van der Waals surface area contributed by atoms with Crippen LogP contribution in [0.25, 0.3) is 0 Å². The number of amides is 2. The fourth-order valence-electron chi connectivity index (χ4n) is 3.75. The monoisotopic (exact) mass is 336 g/mol. The number of hydrogen-bond acceptors (Lipinski definition) is 4. The first-order valence-electron chi connectivity index (χ1n) is 8.49. The number of rotatable bonds is 3. The van der Waals surface area contributed by atoms with Crippen LogP contribution in [0.2, 0.25) is 0 Å². The topological polar surface area (TPSA) is 49.9 Å². The van der Waals surface area contributed by atoms with Crippen LogP contribution in [0.4, 0.5) is 5.69 Å². The number of benzene rings is 2. The summed E-state index contributed by atoms with van der Waals surface area (Å²) in [6.45, 7) is 1.50. The van der Waals surface area contributed by atoms with Crippen molar-refractivity contribution in [1.29, 1.82) is 0 Å². The molecule has 0 aromatic heterocycles. The van der Waals surface area contributed by atoms with E-state index in [9.17, 15) is 9.59 Å². The minimum absolute atomic E-state index is 0.158. The minimum atomic E-state index is -0.397. The van der Waals surface area contributed by atoms with Gasteiger partial charge in [0.15, 0.2) is 0 Å². The van der Waals surface area contributed by atoms with Gasteiger partial charge in [0.2, 0.25) is 5.91 Å². The number of para-hydroxylation sites is 2. The van der Waals surface area contributed by atoms with Crippen LogP contribution >= 0.6 is 0 Å². The van der Waals surface area contributed by atoms with Crippen LogP contribution in [-0.4, -0.2) is 36.4 Å². The molecule has 0 radical (unpaired) electrons. The predicted octanol–water partition coefficient (Wildman–Crippen LogP) is 2.39. The van der Waals surface area contributed by atoms with Crippen molar-refractivity contribution < 1.29 is 14.3 Å². The maximum atomic E-state index is 13.0. The molecule has 1 saturated heterocycles. The first kappa shape index (κ1) is 15.8. The summed E-state index contributed by atoms with van der Waals surface area (Å²) >= 11 is 0. The lowest BCUT2D eigenvalue weighted by Crippen LogP contribution is -2.44. The summed E-state index contributed by atoms with van der Waals surface area (Å²) in [5, 5.41) is 0. The summed E-state index contributed by atoms with van der Waals surface area (Å²) in [5.74, 6) is 0.209. The number of carbonyl (C=O) groups is 2. The SMILES string of the molecule is COc1ccccc1N1C(=O)C[C@@H](N2CCc3ccccc3C2)C1=O. The number of ether oxygens (including phenoxy) is 1. The van der Waals surface area contributed by atoms with Gasteiger partial charge in [-0.3, -0.25) is 14.5 Å². The molecule has 1 fully saturated rings. The second-order valence-electron chi connectivity index (χ2n) is 6.45. The number of fused-ring (bicyclic) bond motifs is 1. The van der Waals surface area contributed by atoms with E-state index in [0.717, 1.165) is 13.0 Å². The van der Waals surface area contributed by atoms with E-state index < -0.39 is 6.04 Å². The van der Waals surface area contributed by atoms with Gasteiger partial charge in [0.25, 0.3) is 5.91 Å². The van der Waals surface area contributed by atoms with E-state index in [1.54, 1.807) is 19.2 Å². The van der Waals surface area contributed by atoms with Crippen LogP contribution in [0.15, 0.2) is 48.5 Å². The van der Waals surface area contributed by atoms with Crippen molar-refractivity contribution in [2.24, 2.45) is 0 Å². The van der Waals surface area contributed by atoms with Crippen molar-refractivity contribution in [3.8, 4) is 5.75 Å². The van der Waals surface area contributed by atoms with Gasteiger partial charge in [0, 0.05) is 13.1 Å². The van der Waals surface area contributed by atoms with E-state index in [-0.39, 0.29) is 18.2 Å². The predicted molar refractivity (Wildman–Crippen MR) is 94.4 cm³/mol. The largest absolute Gasteiger partial charge is 0.495 e. The number of methoxy groups -OCH3 is 1. The minimum Gasteiger partial charge on any atom is -0.495 e. The van der Waals surface area contributed by atoms with Crippen LogP contribution in [-0.2, 0) is 22.6 Å². The molecule has 0 aliphatic carbocycles. The van der Waals surface area contributed by atoms with Crippen molar-refractivity contribution in [3.63, 3.8) is 0 Å². The highest BCUT2D eigenvalue weighted by atomic mass is 16.5. The number of anilines is 1. The second kappa shape index (κ2) is 6.33. The van der Waals surface area contributed by atoms with Crippen molar-refractivity contribution >= 4 is 17.5 Å². The normalized spacial score (nSPS) is 20.7. The molecule has 0 N–H and O–H groups in total. The van der Waals surface area contributed by atoms with E-state index in [1.165, 1.54) is 16.0 Å². The third-order valence-electron chi connectivity index (χ3n) is 5.05. The summed E-state index contributed by atoms with van der Waals surface area (Å²) in [6.07, 6.45) is 1.13. The van der Waals surface area contributed by atoms with Crippen molar-refractivity contribution in [2.45, 2.75) is 25.4 Å². The molecule has 1 atom stereocenters. The zero-order chi connectivity index (χ0) is 17.4. The molecule has 2 aromatic carbocycles. The van der Waals surface area contributed by atoms with Crippen LogP contribution in [0.5, 0.6) is 5.75 Å². The van der Waals surface area contributed by atoms with Gasteiger partial charge >= 0.3 is 0 Å². The quantitative estimate of drug-likeness (QED) is 0.808. The van der Waals surface area contributed by atoms with Crippen LogP contribution < -0.4 is 9.64 Å². The summed E-state index contributed by atoms with van der Waals surface area (Å²) < 4.78 is 5.32. The molecule has 0 spiro atoms. The third kappa shape index (κ3) is 2.70. The zero-order valence-electron chi connectivity index (χ0n) is 14.1. The van der Waals surface area contributed by atoms with Gasteiger partial charge in [-0.2, -0.15) is 0 Å². The molecule has 5 heteroatoms. The molecule has 2 aromatic rings. The molecule has 0 bridgehead atoms. The van der Waals surface area contributed by atoms with E-state index in [1.807, 2.05) is 24.3 Å². The van der Waals surface area contributed by atoms with E-state index >= 15 is 0 Å². The van der Waals surface area contributed by atoms with E-state index in [2.05, 4.69) is 17.0 Å². The van der Waals surface area contributed by atoms with E-state index in [4.69, 9.17) is 4.74 Å². The lowest BCUT2D eigenvalue weighted by Gasteiger charge is -2.32. The molecule has 5 nitrogen and oxygen atoms in total. The molecule has 2 heterocycles. The molecule has 128 valence electrons. The van der Waals surface area contributed by atoms with Crippen molar-refractivity contribution in [3.05, 3.63) is 59.7 Å². The number of nitrogens with zero attached hydrogens (tertiary/aromatic N) is 2. The number of hydrogen-bond donors (Lipinski definition) is 0. The molecule has 2 amide bonds. The highest BCUT2D eigenvalue weighted by Crippen LogP contribution is 2.34. The molecule has 2 aliphatic heterocycles. The standard InChI is InChI=1S/C20H20N2O3/c1-25-18-9-5-4-8-16(18)22-19(23)12-17(20(22)24)21-11-10-14-6-2-3-7-15(14)13-21/h2-9,17H,10-13H2,1H3/t17-/m1/s1. The Kier molecular flexibility index (Phi) is 4.01. The van der Waals surface area contributed by atoms with Crippen LogP contribution in [0.3, 0.4) is 0 Å². The van der Waals surface area contributed by atoms with Crippen molar-refractivity contribution in [1.82, 2.24) is 4.90 Å². The maximum absolute atomic E-state index is 13.0.